The summed E-state index contributed by atoms with van der Waals surface area (Å²) in [6.07, 6.45) is 3.43. The molecule has 1 spiro atoms. The predicted octanol–water partition coefficient (Wildman–Crippen LogP) is 4.99. The van der Waals surface area contributed by atoms with Crippen molar-refractivity contribution in [2.75, 3.05) is 4.90 Å². The third kappa shape index (κ3) is 2.48. The zero-order chi connectivity index (χ0) is 23.8. The van der Waals surface area contributed by atoms with Gasteiger partial charge in [-0.15, -0.1) is 0 Å². The van der Waals surface area contributed by atoms with Crippen molar-refractivity contribution in [1.82, 2.24) is 0 Å². The molecule has 0 N–H and O–H groups in total. The molecule has 3 atom stereocenters. The van der Waals surface area contributed by atoms with E-state index in [1.165, 1.54) is 43.3 Å². The molecule has 6 heteroatoms. The van der Waals surface area contributed by atoms with Crippen LogP contribution in [0.1, 0.15) is 44.7 Å². The number of anilines is 1. The molecule has 0 unspecified atom stereocenters. The van der Waals surface area contributed by atoms with Gasteiger partial charge in [0.25, 0.3) is 0 Å². The van der Waals surface area contributed by atoms with E-state index in [1.54, 1.807) is 47.4 Å². The summed E-state index contributed by atoms with van der Waals surface area (Å²) in [5.74, 6) is -2.68. The second-order valence-electron chi connectivity index (χ2n) is 9.07. The van der Waals surface area contributed by atoms with Gasteiger partial charge in [0.1, 0.15) is 17.0 Å². The van der Waals surface area contributed by atoms with Crippen LogP contribution in [0.3, 0.4) is 0 Å². The first-order chi connectivity index (χ1) is 16.4. The SMILES string of the molecule is CC(=O)[C@@H]1[C@@H](c2ccc(F)cc2)C2(C(=O)c3ccccc3C2=O)[C@H]2C=Cc3cc(F)ccc3N12. The van der Waals surface area contributed by atoms with E-state index in [-0.39, 0.29) is 17.3 Å². The van der Waals surface area contributed by atoms with Gasteiger partial charge in [-0.25, -0.2) is 8.78 Å². The minimum absolute atomic E-state index is 0.238. The lowest BCUT2D eigenvalue weighted by Crippen LogP contribution is -2.48. The van der Waals surface area contributed by atoms with E-state index in [2.05, 4.69) is 0 Å². The quantitative estimate of drug-likeness (QED) is 0.511. The molecule has 1 saturated heterocycles. The van der Waals surface area contributed by atoms with Gasteiger partial charge in [-0.2, -0.15) is 0 Å². The Bertz CT molecular complexity index is 1390. The zero-order valence-electron chi connectivity index (χ0n) is 18.2. The molecule has 6 rings (SSSR count). The van der Waals surface area contributed by atoms with E-state index in [4.69, 9.17) is 0 Å². The molecule has 3 aromatic rings. The summed E-state index contributed by atoms with van der Waals surface area (Å²) in [5.41, 5.74) is 0.703. The van der Waals surface area contributed by atoms with Crippen LogP contribution >= 0.6 is 0 Å². The van der Waals surface area contributed by atoms with Crippen LogP contribution in [-0.2, 0) is 4.79 Å². The Morgan fingerprint density at radius 1 is 0.882 bits per heavy atom. The van der Waals surface area contributed by atoms with Crippen molar-refractivity contribution in [3.8, 4) is 0 Å². The standard InChI is InChI=1S/C28H19F2NO3/c1-15(32)25-24(16-6-9-18(29)10-7-16)28(26(33)20-4-2-3-5-21(20)27(28)34)23-13-8-17-14-19(30)11-12-22(17)31(23)25/h2-14,23-25H,1H3/t23-,24-,25-/m1/s1. The van der Waals surface area contributed by atoms with Gasteiger partial charge in [0.2, 0.25) is 0 Å². The molecule has 0 saturated carbocycles. The lowest BCUT2D eigenvalue weighted by Gasteiger charge is -2.37. The molecule has 2 aliphatic heterocycles. The molecule has 34 heavy (non-hydrogen) atoms. The summed E-state index contributed by atoms with van der Waals surface area (Å²) in [6, 6.07) is 14.9. The number of Topliss-reactive ketones (excluding diaryl/α,β-unsaturated/α-hetero) is 3. The number of rotatable bonds is 2. The fraction of sp³-hybridized carbons (Fsp3) is 0.179. The first-order valence-corrected chi connectivity index (χ1v) is 11.1. The number of hydrogen-bond acceptors (Lipinski definition) is 4. The Morgan fingerprint density at radius 3 is 2.12 bits per heavy atom. The molecule has 1 aliphatic carbocycles. The van der Waals surface area contributed by atoms with Crippen molar-refractivity contribution in [2.45, 2.75) is 24.9 Å². The average molecular weight is 455 g/mol. The summed E-state index contributed by atoms with van der Waals surface area (Å²) in [6.45, 7) is 1.43. The highest BCUT2D eigenvalue weighted by Crippen LogP contribution is 2.60. The normalized spacial score (nSPS) is 23.7. The topological polar surface area (TPSA) is 54.5 Å². The number of ketones is 3. The Hall–Kier alpha value is -3.93. The van der Waals surface area contributed by atoms with Crippen LogP contribution < -0.4 is 4.90 Å². The minimum atomic E-state index is -1.61. The smallest absolute Gasteiger partial charge is 0.180 e. The van der Waals surface area contributed by atoms with Crippen LogP contribution in [0, 0.1) is 17.0 Å². The summed E-state index contributed by atoms with van der Waals surface area (Å²) in [7, 11) is 0. The Morgan fingerprint density at radius 2 is 1.50 bits per heavy atom. The lowest BCUT2D eigenvalue weighted by molar-refractivity contribution is -0.118. The van der Waals surface area contributed by atoms with Gasteiger partial charge in [0, 0.05) is 28.3 Å². The van der Waals surface area contributed by atoms with Crippen molar-refractivity contribution >= 4 is 29.1 Å². The fourth-order valence-electron chi connectivity index (χ4n) is 6.14. The van der Waals surface area contributed by atoms with Gasteiger partial charge < -0.3 is 4.90 Å². The highest BCUT2D eigenvalue weighted by atomic mass is 19.1. The van der Waals surface area contributed by atoms with E-state index < -0.39 is 35.1 Å². The minimum Gasteiger partial charge on any atom is -0.352 e. The van der Waals surface area contributed by atoms with Crippen LogP contribution in [0.4, 0.5) is 14.5 Å². The molecule has 168 valence electrons. The Labute approximate surface area is 194 Å². The van der Waals surface area contributed by atoms with Crippen molar-refractivity contribution in [2.24, 2.45) is 5.41 Å². The van der Waals surface area contributed by atoms with Gasteiger partial charge >= 0.3 is 0 Å². The molecule has 3 aromatic carbocycles. The van der Waals surface area contributed by atoms with Crippen LogP contribution in [0.15, 0.2) is 72.8 Å². The molecule has 0 bridgehead atoms. The van der Waals surface area contributed by atoms with E-state index in [1.807, 2.05) is 0 Å². The Balaban J connectivity index is 1.68. The van der Waals surface area contributed by atoms with Crippen LogP contribution in [0.25, 0.3) is 6.08 Å². The lowest BCUT2D eigenvalue weighted by atomic mass is 9.64. The monoisotopic (exact) mass is 455 g/mol. The maximum Gasteiger partial charge on any atom is 0.180 e. The maximum atomic E-state index is 14.1. The first-order valence-electron chi connectivity index (χ1n) is 11.1. The van der Waals surface area contributed by atoms with E-state index in [0.29, 0.717) is 27.9 Å². The van der Waals surface area contributed by atoms with Crippen molar-refractivity contribution in [3.05, 3.63) is 107 Å². The molecular weight excluding hydrogens is 436 g/mol. The summed E-state index contributed by atoms with van der Waals surface area (Å²) in [5, 5.41) is 0. The van der Waals surface area contributed by atoms with Crippen molar-refractivity contribution in [3.63, 3.8) is 0 Å². The van der Waals surface area contributed by atoms with Gasteiger partial charge in [0.15, 0.2) is 17.3 Å². The van der Waals surface area contributed by atoms with E-state index in [9.17, 15) is 23.2 Å². The number of hydrogen-bond donors (Lipinski definition) is 0. The number of nitrogens with zero attached hydrogens (tertiary/aromatic N) is 1. The number of fused-ring (bicyclic) bond motifs is 5. The number of halogens is 2. The molecule has 4 nitrogen and oxygen atoms in total. The second-order valence-corrected chi connectivity index (χ2v) is 9.07. The summed E-state index contributed by atoms with van der Waals surface area (Å²) < 4.78 is 27.8. The largest absolute Gasteiger partial charge is 0.352 e. The van der Waals surface area contributed by atoms with E-state index in [0.717, 1.165) is 0 Å². The zero-order valence-corrected chi connectivity index (χ0v) is 18.2. The van der Waals surface area contributed by atoms with Crippen molar-refractivity contribution in [1.29, 1.82) is 0 Å². The highest BCUT2D eigenvalue weighted by molar-refractivity contribution is 6.32. The maximum absolute atomic E-state index is 14.1. The molecule has 0 radical (unpaired) electrons. The summed E-state index contributed by atoms with van der Waals surface area (Å²) in [4.78, 5) is 43.3. The van der Waals surface area contributed by atoms with Crippen LogP contribution in [0.5, 0.6) is 0 Å². The Kier molecular flexibility index (Phi) is 4.27. The predicted molar refractivity (Wildman–Crippen MR) is 123 cm³/mol. The van der Waals surface area contributed by atoms with Gasteiger partial charge in [0.05, 0.1) is 12.1 Å². The molecule has 1 fully saturated rings. The molecular formula is C28H19F2NO3. The van der Waals surface area contributed by atoms with Crippen LogP contribution in [0.2, 0.25) is 0 Å². The average Bonchev–Trinajstić information content (AvgIpc) is 3.26. The number of benzene rings is 3. The number of carbonyl (C=O) groups is 3. The second kappa shape index (κ2) is 7.03. The first kappa shape index (κ1) is 20.7. The van der Waals surface area contributed by atoms with Crippen LogP contribution in [-0.4, -0.2) is 29.4 Å². The molecule has 0 aromatic heterocycles. The third-order valence-electron chi connectivity index (χ3n) is 7.41. The molecule has 2 heterocycles. The summed E-state index contributed by atoms with van der Waals surface area (Å²) >= 11 is 0. The van der Waals surface area contributed by atoms with Crippen molar-refractivity contribution < 1.29 is 23.2 Å². The van der Waals surface area contributed by atoms with Gasteiger partial charge in [-0.1, -0.05) is 48.6 Å². The van der Waals surface area contributed by atoms with E-state index >= 15 is 0 Å². The third-order valence-corrected chi connectivity index (χ3v) is 7.41. The van der Waals surface area contributed by atoms with Gasteiger partial charge in [-0.3, -0.25) is 14.4 Å². The fourth-order valence-corrected chi connectivity index (χ4v) is 6.14. The van der Waals surface area contributed by atoms with Gasteiger partial charge in [-0.05, 0) is 42.8 Å². The highest BCUT2D eigenvalue weighted by Gasteiger charge is 2.71. The number of carbonyl (C=O) groups excluding carboxylic acids is 3. The molecule has 3 aliphatic rings. The molecule has 0 amide bonds.